The van der Waals surface area contributed by atoms with E-state index in [2.05, 4.69) is 33.5 Å². The smallest absolute Gasteiger partial charge is 0.191 e. The summed E-state index contributed by atoms with van der Waals surface area (Å²) in [6.07, 6.45) is 2.66. The number of rotatable bonds is 4. The second-order valence-electron chi connectivity index (χ2n) is 4.88. The molecule has 0 amide bonds. The van der Waals surface area contributed by atoms with Crippen molar-refractivity contribution in [1.29, 1.82) is 0 Å². The van der Waals surface area contributed by atoms with Crippen LogP contribution >= 0.6 is 35.7 Å². The van der Waals surface area contributed by atoms with Gasteiger partial charge in [0.1, 0.15) is 11.5 Å². The zero-order valence-electron chi connectivity index (χ0n) is 12.4. The number of aryl methyl sites for hydroxylation is 2. The molecule has 0 bridgehead atoms. The second-order valence-corrected chi connectivity index (χ2v) is 6.29. The summed E-state index contributed by atoms with van der Waals surface area (Å²) < 4.78 is 5.52. The molecule has 114 valence electrons. The van der Waals surface area contributed by atoms with Gasteiger partial charge in [0.25, 0.3) is 0 Å². The Morgan fingerprint density at radius 3 is 2.80 bits per heavy atom. The highest BCUT2D eigenvalue weighted by molar-refractivity contribution is 14.0. The predicted octanol–water partition coefficient (Wildman–Crippen LogP) is 3.08. The fraction of sp³-hybridized carbons (Fsp3) is 0.643. The number of hydrogen-bond acceptors (Lipinski definition) is 3. The van der Waals surface area contributed by atoms with Crippen molar-refractivity contribution in [2.24, 2.45) is 4.99 Å². The summed E-state index contributed by atoms with van der Waals surface area (Å²) in [5.74, 6) is 4.10. The summed E-state index contributed by atoms with van der Waals surface area (Å²) in [5.41, 5.74) is 1.19. The van der Waals surface area contributed by atoms with Crippen LogP contribution in [0.2, 0.25) is 0 Å². The maximum atomic E-state index is 5.52. The zero-order valence-corrected chi connectivity index (χ0v) is 15.5. The van der Waals surface area contributed by atoms with Crippen molar-refractivity contribution in [3.63, 3.8) is 0 Å². The Balaban J connectivity index is 0.00000200. The fourth-order valence-corrected chi connectivity index (χ4v) is 3.48. The molecule has 0 saturated carbocycles. The first-order valence-corrected chi connectivity index (χ1v) is 7.86. The van der Waals surface area contributed by atoms with E-state index in [0.29, 0.717) is 0 Å². The topological polar surface area (TPSA) is 49.6 Å². The van der Waals surface area contributed by atoms with Gasteiger partial charge in [-0.05, 0) is 38.5 Å². The summed E-state index contributed by atoms with van der Waals surface area (Å²) in [5, 5.41) is 7.46. The summed E-state index contributed by atoms with van der Waals surface area (Å²) in [6, 6.07) is 2.07. The Kier molecular flexibility index (Phi) is 7.79. The molecule has 0 aliphatic carbocycles. The van der Waals surface area contributed by atoms with E-state index in [9.17, 15) is 0 Å². The van der Waals surface area contributed by atoms with Crippen LogP contribution in [0.25, 0.3) is 0 Å². The number of guanidine groups is 1. The quantitative estimate of drug-likeness (QED) is 0.456. The van der Waals surface area contributed by atoms with Gasteiger partial charge in [0.05, 0.1) is 0 Å². The van der Waals surface area contributed by atoms with E-state index in [1.165, 1.54) is 24.2 Å². The van der Waals surface area contributed by atoms with Crippen molar-refractivity contribution in [3.8, 4) is 0 Å². The van der Waals surface area contributed by atoms with Gasteiger partial charge in [0.2, 0.25) is 0 Å². The highest BCUT2D eigenvalue weighted by Gasteiger charge is 2.15. The standard InChI is InChI=1S/C14H23N3OS.HI/c1-10-7-12(11(2)18-10)8-16-14(15-3)17-9-13-5-4-6-19-13;/h7,13H,4-6,8-9H2,1-3H3,(H2,15,16,17);1H. The van der Waals surface area contributed by atoms with Crippen molar-refractivity contribution >= 4 is 41.7 Å². The van der Waals surface area contributed by atoms with Crippen LogP contribution in [-0.2, 0) is 6.54 Å². The second kappa shape index (κ2) is 8.81. The normalized spacial score (nSPS) is 18.8. The number of halogens is 1. The molecule has 1 saturated heterocycles. The lowest BCUT2D eigenvalue weighted by Gasteiger charge is -2.14. The predicted molar refractivity (Wildman–Crippen MR) is 97.3 cm³/mol. The van der Waals surface area contributed by atoms with Crippen LogP contribution < -0.4 is 10.6 Å². The molecule has 1 aliphatic rings. The van der Waals surface area contributed by atoms with Crippen LogP contribution in [0.5, 0.6) is 0 Å². The van der Waals surface area contributed by atoms with E-state index in [1.54, 1.807) is 0 Å². The summed E-state index contributed by atoms with van der Waals surface area (Å²) in [6.45, 7) is 5.71. The van der Waals surface area contributed by atoms with Crippen LogP contribution in [0.4, 0.5) is 0 Å². The summed E-state index contributed by atoms with van der Waals surface area (Å²) >= 11 is 2.05. The van der Waals surface area contributed by atoms with Crippen molar-refractivity contribution in [2.45, 2.75) is 38.5 Å². The fourth-order valence-electron chi connectivity index (χ4n) is 2.27. The van der Waals surface area contributed by atoms with Gasteiger partial charge in [-0.15, -0.1) is 24.0 Å². The minimum Gasteiger partial charge on any atom is -0.466 e. The van der Waals surface area contributed by atoms with E-state index in [1.807, 2.05) is 20.9 Å². The number of hydrogen-bond donors (Lipinski definition) is 2. The molecule has 1 fully saturated rings. The largest absolute Gasteiger partial charge is 0.466 e. The third-order valence-corrected chi connectivity index (χ3v) is 4.73. The molecule has 2 N–H and O–H groups in total. The number of nitrogens with one attached hydrogen (secondary N) is 2. The van der Waals surface area contributed by atoms with Crippen molar-refractivity contribution in [1.82, 2.24) is 10.6 Å². The molecular weight excluding hydrogens is 385 g/mol. The van der Waals surface area contributed by atoms with Gasteiger partial charge < -0.3 is 15.1 Å². The Bertz CT molecular complexity index is 442. The first-order valence-electron chi connectivity index (χ1n) is 6.81. The van der Waals surface area contributed by atoms with Crippen LogP contribution in [-0.4, -0.2) is 30.6 Å². The molecule has 6 heteroatoms. The average Bonchev–Trinajstić information content (AvgIpc) is 3.00. The molecule has 1 aliphatic heterocycles. The maximum absolute atomic E-state index is 5.52. The maximum Gasteiger partial charge on any atom is 0.191 e. The van der Waals surface area contributed by atoms with Crippen LogP contribution in [0.15, 0.2) is 15.5 Å². The average molecular weight is 409 g/mol. The minimum absolute atomic E-state index is 0. The Morgan fingerprint density at radius 1 is 1.45 bits per heavy atom. The van der Waals surface area contributed by atoms with Gasteiger partial charge in [-0.3, -0.25) is 4.99 Å². The molecular formula is C14H24IN3OS. The van der Waals surface area contributed by atoms with Crippen LogP contribution in [0, 0.1) is 13.8 Å². The number of nitrogens with zero attached hydrogens (tertiary/aromatic N) is 1. The van der Waals surface area contributed by atoms with E-state index < -0.39 is 0 Å². The van der Waals surface area contributed by atoms with Crippen molar-refractivity contribution < 1.29 is 4.42 Å². The van der Waals surface area contributed by atoms with E-state index >= 15 is 0 Å². The summed E-state index contributed by atoms with van der Waals surface area (Å²) in [4.78, 5) is 4.26. The molecule has 1 unspecified atom stereocenters. The molecule has 1 atom stereocenters. The highest BCUT2D eigenvalue weighted by atomic mass is 127. The van der Waals surface area contributed by atoms with Gasteiger partial charge in [0.15, 0.2) is 5.96 Å². The zero-order chi connectivity index (χ0) is 13.7. The molecule has 20 heavy (non-hydrogen) atoms. The van der Waals surface area contributed by atoms with Crippen LogP contribution in [0.1, 0.15) is 29.9 Å². The Labute approximate surface area is 142 Å². The first kappa shape index (κ1) is 17.7. The van der Waals surface area contributed by atoms with E-state index in [-0.39, 0.29) is 24.0 Å². The van der Waals surface area contributed by atoms with E-state index in [0.717, 1.165) is 35.8 Å². The lowest BCUT2D eigenvalue weighted by Crippen LogP contribution is -2.39. The van der Waals surface area contributed by atoms with Gasteiger partial charge in [0, 0.05) is 31.0 Å². The van der Waals surface area contributed by atoms with E-state index in [4.69, 9.17) is 4.42 Å². The van der Waals surface area contributed by atoms with Crippen molar-refractivity contribution in [3.05, 3.63) is 23.2 Å². The Morgan fingerprint density at radius 2 is 2.25 bits per heavy atom. The number of thioether (sulfide) groups is 1. The molecule has 0 radical (unpaired) electrons. The van der Waals surface area contributed by atoms with Gasteiger partial charge in [-0.25, -0.2) is 0 Å². The third kappa shape index (κ3) is 5.20. The molecule has 1 aromatic rings. The molecule has 4 nitrogen and oxygen atoms in total. The van der Waals surface area contributed by atoms with Gasteiger partial charge >= 0.3 is 0 Å². The monoisotopic (exact) mass is 409 g/mol. The highest BCUT2D eigenvalue weighted by Crippen LogP contribution is 2.25. The minimum atomic E-state index is 0. The lowest BCUT2D eigenvalue weighted by atomic mass is 10.2. The van der Waals surface area contributed by atoms with Crippen molar-refractivity contribution in [2.75, 3.05) is 19.3 Å². The molecule has 0 spiro atoms. The molecule has 2 heterocycles. The number of aliphatic imine (C=N–C) groups is 1. The molecule has 1 aromatic heterocycles. The van der Waals surface area contributed by atoms with Gasteiger partial charge in [-0.1, -0.05) is 0 Å². The molecule has 0 aromatic carbocycles. The lowest BCUT2D eigenvalue weighted by molar-refractivity contribution is 0.500. The SMILES string of the molecule is CN=C(NCc1cc(C)oc1C)NCC1CCCS1.I. The number of furan rings is 1. The first-order chi connectivity index (χ1) is 9.19. The third-order valence-electron chi connectivity index (χ3n) is 3.33. The van der Waals surface area contributed by atoms with Gasteiger partial charge in [-0.2, -0.15) is 11.8 Å². The summed E-state index contributed by atoms with van der Waals surface area (Å²) in [7, 11) is 1.81. The van der Waals surface area contributed by atoms with Crippen LogP contribution in [0.3, 0.4) is 0 Å². The Hall–Kier alpha value is -0.370. The molecule has 2 rings (SSSR count).